The van der Waals surface area contributed by atoms with Gasteiger partial charge in [-0.2, -0.15) is 0 Å². The van der Waals surface area contributed by atoms with Gasteiger partial charge in [-0.25, -0.2) is 0 Å². The number of hydrogen-bond donors (Lipinski definition) is 0. The van der Waals surface area contributed by atoms with Crippen LogP contribution in [0.1, 0.15) is 16.0 Å². The Hall–Kier alpha value is -1.32. The van der Waals surface area contributed by atoms with Crippen LogP contribution in [-0.2, 0) is 17.8 Å². The average molecular weight is 294 g/mol. The largest absolute Gasteiger partial charge is 0.340 e. The summed E-state index contributed by atoms with van der Waals surface area (Å²) in [4.78, 5) is 14.9. The summed E-state index contributed by atoms with van der Waals surface area (Å²) in [5, 5.41) is 0. The lowest BCUT2D eigenvalue weighted by atomic mass is 10.1. The fourth-order valence-corrected chi connectivity index (χ4v) is 2.92. The zero-order valence-electron chi connectivity index (χ0n) is 11.0. The van der Waals surface area contributed by atoms with Crippen molar-refractivity contribution in [2.24, 2.45) is 0 Å². The van der Waals surface area contributed by atoms with E-state index in [0.29, 0.717) is 13.0 Å². The van der Waals surface area contributed by atoms with Gasteiger partial charge in [0.15, 0.2) is 0 Å². The molecule has 0 bridgehead atoms. The second-order valence-corrected chi connectivity index (χ2v) is 6.42. The zero-order valence-corrected chi connectivity index (χ0v) is 12.6. The van der Waals surface area contributed by atoms with Gasteiger partial charge in [0.25, 0.3) is 0 Å². The first kappa shape index (κ1) is 14.1. The van der Waals surface area contributed by atoms with E-state index in [1.165, 1.54) is 16.9 Å². The van der Waals surface area contributed by atoms with Gasteiger partial charge in [-0.15, -0.1) is 11.3 Å². The number of nitrogens with zero attached hydrogens (tertiary/aromatic N) is 1. The van der Waals surface area contributed by atoms with E-state index in [4.69, 9.17) is 11.6 Å². The number of carbonyl (C=O) groups is 1. The number of amides is 1. The van der Waals surface area contributed by atoms with E-state index in [0.717, 1.165) is 14.8 Å². The Morgan fingerprint density at radius 1 is 1.21 bits per heavy atom. The van der Waals surface area contributed by atoms with E-state index in [9.17, 15) is 4.79 Å². The fourth-order valence-electron chi connectivity index (χ4n) is 1.77. The maximum absolute atomic E-state index is 12.1. The summed E-state index contributed by atoms with van der Waals surface area (Å²) < 4.78 is 0.759. The fraction of sp³-hybridized carbons (Fsp3) is 0.267. The number of thiophene rings is 1. The average Bonchev–Trinajstić information content (AvgIpc) is 2.77. The third-order valence-corrected chi connectivity index (χ3v) is 4.14. The highest BCUT2D eigenvalue weighted by Gasteiger charge is 2.11. The molecule has 100 valence electrons. The highest BCUT2D eigenvalue weighted by atomic mass is 35.5. The maximum Gasteiger partial charge on any atom is 0.227 e. The number of hydrogen-bond acceptors (Lipinski definition) is 2. The Kier molecular flexibility index (Phi) is 4.61. The molecule has 2 aromatic rings. The Morgan fingerprint density at radius 3 is 2.47 bits per heavy atom. The van der Waals surface area contributed by atoms with Crippen molar-refractivity contribution in [1.82, 2.24) is 4.90 Å². The van der Waals surface area contributed by atoms with Crippen LogP contribution in [-0.4, -0.2) is 17.9 Å². The molecule has 2 nitrogen and oxygen atoms in total. The molecule has 4 heteroatoms. The van der Waals surface area contributed by atoms with Crippen LogP contribution in [0, 0.1) is 6.92 Å². The number of benzene rings is 1. The summed E-state index contributed by atoms with van der Waals surface area (Å²) in [6.45, 7) is 2.65. The molecule has 19 heavy (non-hydrogen) atoms. The molecule has 0 aliphatic heterocycles. The summed E-state index contributed by atoms with van der Waals surface area (Å²) in [5.41, 5.74) is 2.25. The first-order chi connectivity index (χ1) is 9.04. The van der Waals surface area contributed by atoms with E-state index >= 15 is 0 Å². The van der Waals surface area contributed by atoms with Gasteiger partial charge in [0.1, 0.15) is 0 Å². The van der Waals surface area contributed by atoms with Gasteiger partial charge in [0, 0.05) is 11.9 Å². The summed E-state index contributed by atoms with van der Waals surface area (Å²) in [6, 6.07) is 11.9. The van der Waals surface area contributed by atoms with Crippen molar-refractivity contribution in [3.63, 3.8) is 0 Å². The van der Waals surface area contributed by atoms with E-state index in [1.54, 1.807) is 4.90 Å². The molecule has 1 heterocycles. The van der Waals surface area contributed by atoms with Gasteiger partial charge in [-0.3, -0.25) is 4.79 Å². The van der Waals surface area contributed by atoms with Gasteiger partial charge >= 0.3 is 0 Å². The molecule has 0 N–H and O–H groups in total. The third kappa shape index (κ3) is 4.08. The summed E-state index contributed by atoms with van der Waals surface area (Å²) in [5.74, 6) is 0.119. The number of aryl methyl sites for hydroxylation is 1. The summed E-state index contributed by atoms with van der Waals surface area (Å²) in [6.07, 6.45) is 0.440. The van der Waals surface area contributed by atoms with Crippen LogP contribution >= 0.6 is 22.9 Å². The number of likely N-dealkylation sites (N-methyl/N-ethyl adjacent to an activating group) is 1. The van der Waals surface area contributed by atoms with Crippen molar-refractivity contribution in [3.8, 4) is 0 Å². The molecule has 2 rings (SSSR count). The lowest BCUT2D eigenvalue weighted by Crippen LogP contribution is -2.27. The smallest absolute Gasteiger partial charge is 0.227 e. The molecule has 0 saturated heterocycles. The van der Waals surface area contributed by atoms with E-state index in [2.05, 4.69) is 0 Å². The molecule has 0 aliphatic rings. The monoisotopic (exact) mass is 293 g/mol. The van der Waals surface area contributed by atoms with Crippen LogP contribution in [0.2, 0.25) is 4.34 Å². The first-order valence-electron chi connectivity index (χ1n) is 6.08. The zero-order chi connectivity index (χ0) is 13.8. The van der Waals surface area contributed by atoms with E-state index in [1.807, 2.05) is 50.4 Å². The van der Waals surface area contributed by atoms with Gasteiger partial charge in [-0.1, -0.05) is 41.4 Å². The van der Waals surface area contributed by atoms with Crippen molar-refractivity contribution in [3.05, 3.63) is 56.7 Å². The highest BCUT2D eigenvalue weighted by molar-refractivity contribution is 7.16. The second kappa shape index (κ2) is 6.22. The van der Waals surface area contributed by atoms with Crippen molar-refractivity contribution in [2.75, 3.05) is 7.05 Å². The first-order valence-corrected chi connectivity index (χ1v) is 7.28. The molecule has 0 radical (unpaired) electrons. The molecule has 0 atom stereocenters. The molecular formula is C15H16ClNOS. The van der Waals surface area contributed by atoms with E-state index in [-0.39, 0.29) is 5.91 Å². The molecule has 0 aliphatic carbocycles. The molecule has 1 aromatic heterocycles. The Balaban J connectivity index is 1.94. The normalized spacial score (nSPS) is 10.5. The van der Waals surface area contributed by atoms with Gasteiger partial charge in [0.2, 0.25) is 5.91 Å². The van der Waals surface area contributed by atoms with Gasteiger partial charge in [0.05, 0.1) is 17.3 Å². The SMILES string of the molecule is Cc1ccc(CC(=O)N(C)Cc2ccc(Cl)s2)cc1. The maximum atomic E-state index is 12.1. The lowest BCUT2D eigenvalue weighted by molar-refractivity contribution is -0.129. The van der Waals surface area contributed by atoms with Crippen molar-refractivity contribution in [1.29, 1.82) is 0 Å². The number of carbonyl (C=O) groups excluding carboxylic acids is 1. The number of rotatable bonds is 4. The molecular weight excluding hydrogens is 278 g/mol. The predicted molar refractivity (Wildman–Crippen MR) is 80.7 cm³/mol. The topological polar surface area (TPSA) is 20.3 Å². The van der Waals surface area contributed by atoms with Crippen LogP contribution < -0.4 is 0 Å². The Bertz CT molecular complexity index is 562. The van der Waals surface area contributed by atoms with Crippen molar-refractivity contribution >= 4 is 28.8 Å². The summed E-state index contributed by atoms with van der Waals surface area (Å²) >= 11 is 7.40. The van der Waals surface area contributed by atoms with Gasteiger partial charge in [-0.05, 0) is 24.6 Å². The minimum absolute atomic E-state index is 0.119. The molecule has 0 unspecified atom stereocenters. The molecule has 0 saturated carbocycles. The standard InChI is InChI=1S/C15H16ClNOS/c1-11-3-5-12(6-4-11)9-15(18)17(2)10-13-7-8-14(16)19-13/h3-8H,9-10H2,1-2H3. The van der Waals surface area contributed by atoms with Crippen LogP contribution in [0.3, 0.4) is 0 Å². The van der Waals surface area contributed by atoms with Crippen molar-refractivity contribution in [2.45, 2.75) is 19.9 Å². The summed E-state index contributed by atoms with van der Waals surface area (Å²) in [7, 11) is 1.82. The minimum atomic E-state index is 0.119. The Labute approximate surface area is 122 Å². The quantitative estimate of drug-likeness (QED) is 0.837. The molecule has 0 fully saturated rings. The highest BCUT2D eigenvalue weighted by Crippen LogP contribution is 2.22. The van der Waals surface area contributed by atoms with Crippen LogP contribution in [0.5, 0.6) is 0 Å². The minimum Gasteiger partial charge on any atom is -0.340 e. The van der Waals surface area contributed by atoms with Crippen LogP contribution in [0.4, 0.5) is 0 Å². The number of halogens is 1. The third-order valence-electron chi connectivity index (χ3n) is 2.92. The van der Waals surface area contributed by atoms with E-state index < -0.39 is 0 Å². The lowest BCUT2D eigenvalue weighted by Gasteiger charge is -2.16. The van der Waals surface area contributed by atoms with Crippen LogP contribution in [0.25, 0.3) is 0 Å². The van der Waals surface area contributed by atoms with Crippen LogP contribution in [0.15, 0.2) is 36.4 Å². The molecule has 0 spiro atoms. The van der Waals surface area contributed by atoms with Crippen molar-refractivity contribution < 1.29 is 4.79 Å². The predicted octanol–water partition coefficient (Wildman–Crippen LogP) is 3.91. The van der Waals surface area contributed by atoms with Gasteiger partial charge < -0.3 is 4.90 Å². The second-order valence-electron chi connectivity index (χ2n) is 4.62. The molecule has 1 amide bonds. The molecule has 1 aromatic carbocycles. The Morgan fingerprint density at radius 2 is 1.89 bits per heavy atom.